The predicted molar refractivity (Wildman–Crippen MR) is 129 cm³/mol. The van der Waals surface area contributed by atoms with Crippen molar-refractivity contribution in [2.24, 2.45) is 0 Å². The van der Waals surface area contributed by atoms with Crippen LogP contribution in [0.4, 0.5) is 4.39 Å². The summed E-state index contributed by atoms with van der Waals surface area (Å²) in [6.45, 7) is 5.35. The topological polar surface area (TPSA) is 22.1 Å². The average molecular weight is 442 g/mol. The Morgan fingerprint density at radius 1 is 0.967 bits per heavy atom. The summed E-state index contributed by atoms with van der Waals surface area (Å²) in [6, 6.07) is 21.8. The second kappa shape index (κ2) is 9.44. The van der Waals surface area contributed by atoms with E-state index < -0.39 is 10.5 Å². The molecule has 0 spiro atoms. The maximum atomic E-state index is 14.9. The Bertz CT molecular complexity index is 992. The monoisotopic (exact) mass is 441 g/mol. The lowest BCUT2D eigenvalue weighted by Gasteiger charge is -2.23. The Kier molecular flexibility index (Phi) is 7.15. The number of benzene rings is 2. The molecule has 2 aromatic carbocycles. The largest absolute Gasteiger partial charge is 0.459 e. The van der Waals surface area contributed by atoms with Gasteiger partial charge < -0.3 is 4.74 Å². The maximum absolute atomic E-state index is 14.9. The molecule has 1 heterocycles. The zero-order valence-corrected chi connectivity index (χ0v) is 19.4. The zero-order valence-electron chi connectivity index (χ0n) is 17.8. The Labute approximate surface area is 188 Å². The summed E-state index contributed by atoms with van der Waals surface area (Å²) in [5, 5.41) is 0. The molecule has 1 aromatic heterocycles. The summed E-state index contributed by atoms with van der Waals surface area (Å²) < 4.78 is 20.9. The molecule has 0 N–H and O–H groups in total. The number of pyridine rings is 1. The molecule has 0 saturated carbocycles. The van der Waals surface area contributed by atoms with Gasteiger partial charge in [0.15, 0.2) is 12.8 Å². The van der Waals surface area contributed by atoms with Crippen LogP contribution >= 0.6 is 21.7 Å². The number of hydrogen-bond donors (Lipinski definition) is 0. The van der Waals surface area contributed by atoms with E-state index in [1.165, 1.54) is 5.56 Å². The van der Waals surface area contributed by atoms with Gasteiger partial charge >= 0.3 is 0 Å². The minimum atomic E-state index is -1.48. The molecule has 0 amide bonds. The third kappa shape index (κ3) is 6.02. The molecule has 0 saturated heterocycles. The van der Waals surface area contributed by atoms with E-state index in [9.17, 15) is 4.39 Å². The highest BCUT2D eigenvalue weighted by Crippen LogP contribution is 2.35. The van der Waals surface area contributed by atoms with Gasteiger partial charge in [-0.2, -0.15) is 0 Å². The molecule has 0 fully saturated rings. The Hall–Kier alpha value is -1.98. The van der Waals surface area contributed by atoms with Crippen LogP contribution in [-0.4, -0.2) is 17.8 Å². The molecule has 3 rings (SSSR count). The van der Waals surface area contributed by atoms with Crippen LogP contribution < -0.4 is 4.74 Å². The van der Waals surface area contributed by atoms with E-state index in [4.69, 9.17) is 20.4 Å². The lowest BCUT2D eigenvalue weighted by molar-refractivity contribution is 0.200. The molecule has 1 unspecified atom stereocenters. The van der Waals surface area contributed by atoms with Crippen molar-refractivity contribution >= 4 is 29.5 Å². The fourth-order valence-electron chi connectivity index (χ4n) is 3.32. The lowest BCUT2D eigenvalue weighted by Crippen LogP contribution is -2.22. The summed E-state index contributed by atoms with van der Waals surface area (Å²) in [5.41, 5.74) is 2.94. The van der Waals surface area contributed by atoms with E-state index in [2.05, 4.69) is 12.1 Å². The van der Waals surface area contributed by atoms with Crippen molar-refractivity contribution in [1.29, 1.82) is 0 Å². The van der Waals surface area contributed by atoms with Gasteiger partial charge in [-0.05, 0) is 78.0 Å². The summed E-state index contributed by atoms with van der Waals surface area (Å²) in [6.07, 6.45) is 1.72. The molecule has 6 heteroatoms. The van der Waals surface area contributed by atoms with Gasteiger partial charge in [0, 0.05) is 11.6 Å². The van der Waals surface area contributed by atoms with Gasteiger partial charge in [0.05, 0.1) is 11.3 Å². The van der Waals surface area contributed by atoms with Crippen LogP contribution in [0.15, 0.2) is 66.7 Å². The van der Waals surface area contributed by atoms with Crippen molar-refractivity contribution in [3.05, 3.63) is 83.4 Å². The lowest BCUT2D eigenvalue weighted by atomic mass is 9.77. The molecule has 3 aromatic rings. The summed E-state index contributed by atoms with van der Waals surface area (Å²) in [7, 11) is 8.64. The maximum Gasteiger partial charge on any atom is 0.215 e. The van der Waals surface area contributed by atoms with Crippen molar-refractivity contribution in [3.63, 3.8) is 0 Å². The van der Waals surface area contributed by atoms with Crippen molar-refractivity contribution < 1.29 is 9.13 Å². The highest BCUT2D eigenvalue weighted by molar-refractivity contribution is 8.22. The molecule has 156 valence electrons. The molecule has 0 radical (unpaired) electrons. The fourth-order valence-corrected chi connectivity index (χ4v) is 3.53. The number of ether oxygens (including phenoxy) is 1. The molecule has 30 heavy (non-hydrogen) atoms. The summed E-state index contributed by atoms with van der Waals surface area (Å²) in [4.78, 5) is 4.07. The van der Waals surface area contributed by atoms with E-state index in [1.54, 1.807) is 14.8 Å². The first kappa shape index (κ1) is 22.7. The van der Waals surface area contributed by atoms with Crippen LogP contribution in [-0.2, 0) is 18.4 Å². The minimum absolute atomic E-state index is 0.486. The van der Waals surface area contributed by atoms with Crippen LogP contribution in [0.5, 0.6) is 5.88 Å². The first-order chi connectivity index (χ1) is 14.2. The van der Waals surface area contributed by atoms with Crippen LogP contribution in [0.1, 0.15) is 37.5 Å². The predicted octanol–water partition coefficient (Wildman–Crippen LogP) is 6.31. The van der Waals surface area contributed by atoms with Gasteiger partial charge in [0.25, 0.3) is 0 Å². The number of rotatable bonds is 8. The van der Waals surface area contributed by atoms with Crippen molar-refractivity contribution in [2.45, 2.75) is 44.1 Å². The smallest absolute Gasteiger partial charge is 0.215 e. The number of aryl methyl sites for hydroxylation is 2. The van der Waals surface area contributed by atoms with E-state index in [-0.39, 0.29) is 0 Å². The Morgan fingerprint density at radius 3 is 2.27 bits per heavy atom. The number of aromatic nitrogens is 1. The van der Waals surface area contributed by atoms with E-state index >= 15 is 0 Å². The SMILES string of the molecule is BC(C)(F)c1ccccc1-c1cc(CCc2ccccc2)cc(OC(C)(C)SCl)n1. The molecule has 0 aliphatic rings. The normalized spacial score (nSPS) is 13.6. The minimum Gasteiger partial charge on any atom is -0.459 e. The van der Waals surface area contributed by atoms with Crippen LogP contribution in [0.2, 0.25) is 0 Å². The van der Waals surface area contributed by atoms with E-state index in [0.29, 0.717) is 17.1 Å². The fraction of sp³-hybridized carbons (Fsp3) is 0.292. The van der Waals surface area contributed by atoms with Gasteiger partial charge in [-0.1, -0.05) is 54.6 Å². The van der Waals surface area contributed by atoms with Gasteiger partial charge in [0.2, 0.25) is 5.88 Å². The average Bonchev–Trinajstić information content (AvgIpc) is 2.72. The molecular weight excluding hydrogens is 416 g/mol. The Morgan fingerprint density at radius 2 is 1.60 bits per heavy atom. The zero-order chi connectivity index (χ0) is 21.8. The molecular formula is C24H26BClFNOS. The van der Waals surface area contributed by atoms with Gasteiger partial charge in [-0.25, -0.2) is 9.37 Å². The van der Waals surface area contributed by atoms with Gasteiger partial charge in [0.1, 0.15) is 0 Å². The van der Waals surface area contributed by atoms with Crippen molar-refractivity contribution in [2.75, 3.05) is 0 Å². The third-order valence-corrected chi connectivity index (χ3v) is 6.36. The van der Waals surface area contributed by atoms with Crippen molar-refractivity contribution in [1.82, 2.24) is 4.98 Å². The highest BCUT2D eigenvalue weighted by Gasteiger charge is 2.25. The van der Waals surface area contributed by atoms with Gasteiger partial charge in [-0.3, -0.25) is 0 Å². The number of alkyl halides is 1. The molecule has 0 bridgehead atoms. The first-order valence-corrected chi connectivity index (χ1v) is 11.6. The van der Waals surface area contributed by atoms with Crippen LogP contribution in [0, 0.1) is 0 Å². The Balaban J connectivity index is 2.02. The van der Waals surface area contributed by atoms with E-state index in [0.717, 1.165) is 34.9 Å². The first-order valence-electron chi connectivity index (χ1n) is 10.0. The quantitative estimate of drug-likeness (QED) is 0.302. The highest BCUT2D eigenvalue weighted by atomic mass is 35.7. The summed E-state index contributed by atoms with van der Waals surface area (Å²) in [5.74, 6) is 0.486. The van der Waals surface area contributed by atoms with Gasteiger partial charge in [-0.15, -0.1) is 0 Å². The van der Waals surface area contributed by atoms with Crippen LogP contribution in [0.3, 0.4) is 0 Å². The summed E-state index contributed by atoms with van der Waals surface area (Å²) >= 11 is 0. The number of halogens is 2. The standard InChI is InChI=1S/C24H26BClFNOS/c1-23(2,30-26)29-22-16-18(14-13-17-9-5-4-6-10-17)15-21(28-22)19-11-7-8-12-20(19)24(3,25)27/h4-12,15-16H,13-14,25H2,1-3H3. The second-order valence-electron chi connectivity index (χ2n) is 8.28. The number of hydrogen-bond acceptors (Lipinski definition) is 3. The van der Waals surface area contributed by atoms with E-state index in [1.807, 2.05) is 68.4 Å². The van der Waals surface area contributed by atoms with Crippen LogP contribution in [0.25, 0.3) is 11.3 Å². The van der Waals surface area contributed by atoms with Crippen molar-refractivity contribution in [3.8, 4) is 17.1 Å². The third-order valence-electron chi connectivity index (χ3n) is 4.79. The molecule has 2 nitrogen and oxygen atoms in total. The second-order valence-corrected chi connectivity index (χ2v) is 9.88. The molecule has 1 atom stereocenters. The number of nitrogens with zero attached hydrogens (tertiary/aromatic N) is 1. The molecule has 0 aliphatic carbocycles. The molecule has 0 aliphatic heterocycles.